The highest BCUT2D eigenvalue weighted by Crippen LogP contribution is 2.29. The van der Waals surface area contributed by atoms with Crippen molar-refractivity contribution in [2.45, 2.75) is 31.8 Å². The van der Waals surface area contributed by atoms with E-state index in [1.54, 1.807) is 0 Å². The lowest BCUT2D eigenvalue weighted by atomic mass is 10.1. The number of hydrogen-bond donors (Lipinski definition) is 3. The number of nitrogens with zero attached hydrogens (tertiary/aromatic N) is 2. The Morgan fingerprint density at radius 2 is 1.84 bits per heavy atom. The summed E-state index contributed by atoms with van der Waals surface area (Å²) in [5.41, 5.74) is 7.48. The fourth-order valence-electron chi connectivity index (χ4n) is 2.59. The van der Waals surface area contributed by atoms with Crippen LogP contribution in [0, 0.1) is 0 Å². The first-order valence-electron chi connectivity index (χ1n) is 5.92. The number of halogens is 2. The smallest absolute Gasteiger partial charge is 0.0843 e. The van der Waals surface area contributed by atoms with Gasteiger partial charge in [-0.25, -0.2) is 0 Å². The van der Waals surface area contributed by atoms with Crippen molar-refractivity contribution in [1.82, 2.24) is 5.23 Å². The van der Waals surface area contributed by atoms with Crippen LogP contribution in [0.4, 0.5) is 11.4 Å². The summed E-state index contributed by atoms with van der Waals surface area (Å²) in [5.74, 6) is 0. The third-order valence-electron chi connectivity index (χ3n) is 3.45. The van der Waals surface area contributed by atoms with Crippen LogP contribution in [-0.4, -0.2) is 34.3 Å². The van der Waals surface area contributed by atoms with E-state index in [-0.39, 0.29) is 36.9 Å². The molecule has 0 bridgehead atoms. The number of anilines is 2. The molecule has 2 rings (SSSR count). The molecule has 1 fully saturated rings. The summed E-state index contributed by atoms with van der Waals surface area (Å²) < 4.78 is 0. The molecule has 4 N–H and O–H groups in total. The zero-order chi connectivity index (χ0) is 12.4. The van der Waals surface area contributed by atoms with Gasteiger partial charge < -0.3 is 10.6 Å². The first-order chi connectivity index (χ1) is 8.13. The van der Waals surface area contributed by atoms with E-state index in [0.29, 0.717) is 5.23 Å². The fourth-order valence-corrected chi connectivity index (χ4v) is 2.59. The quantitative estimate of drug-likeness (QED) is 0.591. The molecule has 2 atom stereocenters. The Balaban J connectivity index is 0.00000162. The molecule has 7 heteroatoms. The van der Waals surface area contributed by atoms with E-state index in [2.05, 4.69) is 11.8 Å². The van der Waals surface area contributed by atoms with Gasteiger partial charge in [-0.3, -0.25) is 10.4 Å². The first kappa shape index (κ1) is 18.3. The molecule has 1 saturated heterocycles. The van der Waals surface area contributed by atoms with Crippen molar-refractivity contribution in [3.05, 3.63) is 24.3 Å². The van der Waals surface area contributed by atoms with Gasteiger partial charge in [0.05, 0.1) is 6.04 Å². The summed E-state index contributed by atoms with van der Waals surface area (Å²) in [4.78, 5) is 2.20. The first-order valence-corrected chi connectivity index (χ1v) is 5.92. The maximum absolute atomic E-state index is 9.20. The van der Waals surface area contributed by atoms with Gasteiger partial charge >= 0.3 is 0 Å². The number of hydrogen-bond acceptors (Lipinski definition) is 5. The Kier molecular flexibility index (Phi) is 7.47. The molecule has 0 saturated carbocycles. The Morgan fingerprint density at radius 3 is 2.32 bits per heavy atom. The zero-order valence-electron chi connectivity index (χ0n) is 10.8. The zero-order valence-corrected chi connectivity index (χ0v) is 12.4. The van der Waals surface area contributed by atoms with E-state index in [9.17, 15) is 10.4 Å². The van der Waals surface area contributed by atoms with Gasteiger partial charge in [-0.2, -0.15) is 0 Å². The molecule has 0 aromatic heterocycles. The van der Waals surface area contributed by atoms with Crippen LogP contribution in [0.2, 0.25) is 0 Å². The fraction of sp³-hybridized carbons (Fsp3) is 0.500. The Bertz CT molecular complexity index is 376. The second-order valence-corrected chi connectivity index (χ2v) is 4.44. The van der Waals surface area contributed by atoms with E-state index < -0.39 is 0 Å². The molecule has 5 nitrogen and oxygen atoms in total. The molecule has 1 aromatic carbocycles. The average Bonchev–Trinajstić information content (AvgIpc) is 2.73. The second kappa shape index (κ2) is 7.77. The summed E-state index contributed by atoms with van der Waals surface area (Å²) in [6.07, 6.45) is 1.61. The van der Waals surface area contributed by atoms with Gasteiger partial charge in [0.15, 0.2) is 0 Å². The number of nitrogens with two attached hydrogens (primary N) is 1. The Morgan fingerprint density at radius 1 is 1.26 bits per heavy atom. The minimum atomic E-state index is -0.224. The predicted octanol–water partition coefficient (Wildman–Crippen LogP) is 2.55. The second-order valence-electron chi connectivity index (χ2n) is 4.44. The van der Waals surface area contributed by atoms with E-state index in [1.807, 2.05) is 24.3 Å². The summed E-state index contributed by atoms with van der Waals surface area (Å²) in [7, 11) is 0. The molecule has 19 heavy (non-hydrogen) atoms. The SMILES string of the molecule is CCC1C(N(O)O)CCN1c1ccc(N)cc1.Cl.Cl. The van der Waals surface area contributed by atoms with E-state index >= 15 is 0 Å². The average molecular weight is 310 g/mol. The molecule has 0 spiro atoms. The summed E-state index contributed by atoms with van der Waals surface area (Å²) in [5, 5.41) is 18.8. The summed E-state index contributed by atoms with van der Waals surface area (Å²) in [6, 6.07) is 7.57. The van der Waals surface area contributed by atoms with Gasteiger partial charge in [0.1, 0.15) is 0 Å². The lowest BCUT2D eigenvalue weighted by molar-refractivity contribution is -0.332. The topological polar surface area (TPSA) is 73.0 Å². The minimum absolute atomic E-state index is 0. The largest absolute Gasteiger partial charge is 0.399 e. The van der Waals surface area contributed by atoms with E-state index in [1.165, 1.54) is 0 Å². The number of rotatable bonds is 3. The number of benzene rings is 1. The minimum Gasteiger partial charge on any atom is -0.399 e. The summed E-state index contributed by atoms with van der Waals surface area (Å²) >= 11 is 0. The lowest BCUT2D eigenvalue weighted by Gasteiger charge is -2.30. The third kappa shape index (κ3) is 3.87. The maximum Gasteiger partial charge on any atom is 0.0843 e. The van der Waals surface area contributed by atoms with Gasteiger partial charge in [0, 0.05) is 24.0 Å². The van der Waals surface area contributed by atoms with Crippen LogP contribution in [0.15, 0.2) is 24.3 Å². The van der Waals surface area contributed by atoms with Crippen molar-refractivity contribution in [2.24, 2.45) is 0 Å². The molecule has 0 radical (unpaired) electrons. The van der Waals surface area contributed by atoms with Crippen molar-refractivity contribution in [2.75, 3.05) is 17.2 Å². The molecule has 1 aliphatic heterocycles. The van der Waals surface area contributed by atoms with Gasteiger partial charge in [-0.1, -0.05) is 12.2 Å². The van der Waals surface area contributed by atoms with E-state index in [4.69, 9.17) is 5.73 Å². The molecule has 110 valence electrons. The molecular formula is C12H21Cl2N3O2. The van der Waals surface area contributed by atoms with Crippen molar-refractivity contribution in [1.29, 1.82) is 0 Å². The van der Waals surface area contributed by atoms with Crippen LogP contribution < -0.4 is 10.6 Å². The molecular weight excluding hydrogens is 289 g/mol. The van der Waals surface area contributed by atoms with Crippen LogP contribution in [0.5, 0.6) is 0 Å². The van der Waals surface area contributed by atoms with Crippen LogP contribution >= 0.6 is 24.8 Å². The monoisotopic (exact) mass is 309 g/mol. The molecule has 1 heterocycles. The van der Waals surface area contributed by atoms with Crippen LogP contribution in [0.1, 0.15) is 19.8 Å². The van der Waals surface area contributed by atoms with Crippen LogP contribution in [0.3, 0.4) is 0 Å². The predicted molar refractivity (Wildman–Crippen MR) is 80.6 cm³/mol. The van der Waals surface area contributed by atoms with Gasteiger partial charge in [-0.05, 0) is 37.1 Å². The summed E-state index contributed by atoms with van der Waals surface area (Å²) in [6.45, 7) is 2.88. The van der Waals surface area contributed by atoms with Crippen molar-refractivity contribution in [3.8, 4) is 0 Å². The molecule has 1 aromatic rings. The normalized spacial score (nSPS) is 22.0. The van der Waals surface area contributed by atoms with Gasteiger partial charge in [0.25, 0.3) is 0 Å². The standard InChI is InChI=1S/C12H19N3O2.2ClH/c1-2-11-12(15(16)17)7-8-14(11)10-5-3-9(13)4-6-10;;/h3-6,11-12,16-17H,2,7-8,13H2,1H3;2*1H. The Hall–Kier alpha value is -0.720. The number of nitrogen functional groups attached to an aromatic ring is 1. The molecule has 1 aliphatic rings. The van der Waals surface area contributed by atoms with Crippen molar-refractivity contribution < 1.29 is 10.4 Å². The molecule has 0 amide bonds. The number of hydroxylamine groups is 2. The molecule has 0 aliphatic carbocycles. The van der Waals surface area contributed by atoms with Crippen molar-refractivity contribution in [3.63, 3.8) is 0 Å². The highest BCUT2D eigenvalue weighted by Gasteiger charge is 2.36. The van der Waals surface area contributed by atoms with Crippen molar-refractivity contribution >= 4 is 36.2 Å². The molecule has 2 unspecified atom stereocenters. The van der Waals surface area contributed by atoms with Crippen LogP contribution in [0.25, 0.3) is 0 Å². The highest BCUT2D eigenvalue weighted by atomic mass is 35.5. The highest BCUT2D eigenvalue weighted by molar-refractivity contribution is 5.85. The third-order valence-corrected chi connectivity index (χ3v) is 3.45. The van der Waals surface area contributed by atoms with Crippen LogP contribution in [-0.2, 0) is 0 Å². The van der Waals surface area contributed by atoms with Gasteiger partial charge in [-0.15, -0.1) is 24.8 Å². The lowest BCUT2D eigenvalue weighted by Crippen LogP contribution is -2.42. The van der Waals surface area contributed by atoms with Gasteiger partial charge in [0.2, 0.25) is 0 Å². The maximum atomic E-state index is 9.20. The van der Waals surface area contributed by atoms with E-state index in [0.717, 1.165) is 30.8 Å². The Labute approximate surface area is 125 Å².